The fourth-order valence-electron chi connectivity index (χ4n) is 1.16. The summed E-state index contributed by atoms with van der Waals surface area (Å²) >= 11 is 0. The van der Waals surface area contributed by atoms with E-state index in [4.69, 9.17) is 5.84 Å². The fraction of sp³-hybridized carbons (Fsp3) is 0.154. The number of hydrogen-bond acceptors (Lipinski definition) is 2. The molecule has 0 spiro atoms. The number of nitrogens with zero attached hydrogens (tertiary/aromatic N) is 1. The predicted molar refractivity (Wildman–Crippen MR) is 66.8 cm³/mol. The van der Waals surface area contributed by atoms with E-state index in [0.29, 0.717) is 5.69 Å². The van der Waals surface area contributed by atoms with Gasteiger partial charge in [-0.3, -0.25) is 4.79 Å². The average Bonchev–Trinajstić information content (AvgIpc) is 2.29. The maximum absolute atomic E-state index is 11.6. The van der Waals surface area contributed by atoms with E-state index in [1.54, 1.807) is 12.2 Å². The number of amides is 1. The second-order valence-electron chi connectivity index (χ2n) is 3.43. The van der Waals surface area contributed by atoms with Crippen LogP contribution in [0.1, 0.15) is 12.5 Å². The summed E-state index contributed by atoms with van der Waals surface area (Å²) in [5.74, 6) is 5.43. The summed E-state index contributed by atoms with van der Waals surface area (Å²) in [5.41, 5.74) is 1.81. The summed E-state index contributed by atoms with van der Waals surface area (Å²) in [6.45, 7) is 3.87. The highest BCUT2D eigenvalue weighted by Crippen LogP contribution is 2.12. The first-order chi connectivity index (χ1) is 7.65. The second-order valence-corrected chi connectivity index (χ2v) is 3.43. The molecule has 3 heteroatoms. The summed E-state index contributed by atoms with van der Waals surface area (Å²) in [4.78, 5) is 11.6. The largest absolute Gasteiger partial charge is 0.268 e. The van der Waals surface area contributed by atoms with E-state index in [1.165, 1.54) is 6.08 Å². The number of carbonyl (C=O) groups is 1. The lowest BCUT2D eigenvalue weighted by molar-refractivity contribution is -0.114. The Balaban J connectivity index is 2.74. The number of hydrogen-bond donors (Lipinski definition) is 1. The molecule has 0 radical (unpaired) electrons. The van der Waals surface area contributed by atoms with Crippen LogP contribution in [0.15, 0.2) is 48.6 Å². The Morgan fingerprint density at radius 3 is 2.44 bits per heavy atom. The lowest BCUT2D eigenvalue weighted by atomic mass is 10.2. The Bertz CT molecular complexity index is 404. The van der Waals surface area contributed by atoms with Gasteiger partial charge in [-0.2, -0.15) is 0 Å². The van der Waals surface area contributed by atoms with Gasteiger partial charge in [0.2, 0.25) is 0 Å². The first-order valence-electron chi connectivity index (χ1n) is 5.10. The molecule has 84 valence electrons. The molecular weight excluding hydrogens is 200 g/mol. The Labute approximate surface area is 95.8 Å². The summed E-state index contributed by atoms with van der Waals surface area (Å²) in [5, 5.41) is 1.12. The molecule has 0 aliphatic rings. The van der Waals surface area contributed by atoms with Crippen LogP contribution in [0.3, 0.4) is 0 Å². The molecule has 0 bridgehead atoms. The van der Waals surface area contributed by atoms with E-state index in [0.717, 1.165) is 10.6 Å². The molecule has 0 heterocycles. The van der Waals surface area contributed by atoms with Gasteiger partial charge in [0.1, 0.15) is 0 Å². The van der Waals surface area contributed by atoms with Crippen molar-refractivity contribution in [3.63, 3.8) is 0 Å². The molecule has 2 N–H and O–H groups in total. The van der Waals surface area contributed by atoms with Gasteiger partial charge in [0, 0.05) is 6.08 Å². The zero-order chi connectivity index (χ0) is 12.0. The van der Waals surface area contributed by atoms with Crippen LogP contribution in [-0.4, -0.2) is 5.91 Å². The Kier molecular flexibility index (Phi) is 4.48. The SMILES string of the molecule is CC=CC=CC(=O)N(N)c1ccc(C)cc1. The molecule has 16 heavy (non-hydrogen) atoms. The standard InChI is InChI=1S/C13H16N2O/c1-3-4-5-6-13(16)15(14)12-9-7-11(2)8-10-12/h3-10H,14H2,1-2H3. The number of rotatable bonds is 3. The van der Waals surface area contributed by atoms with Crippen LogP contribution in [0.4, 0.5) is 5.69 Å². The van der Waals surface area contributed by atoms with E-state index in [9.17, 15) is 4.79 Å². The molecule has 0 aliphatic heterocycles. The van der Waals surface area contributed by atoms with E-state index in [1.807, 2.05) is 44.2 Å². The molecule has 3 nitrogen and oxygen atoms in total. The van der Waals surface area contributed by atoms with Crippen LogP contribution in [-0.2, 0) is 4.79 Å². The minimum atomic E-state index is -0.248. The molecule has 0 fully saturated rings. The van der Waals surface area contributed by atoms with Gasteiger partial charge in [-0.05, 0) is 26.0 Å². The number of nitrogens with two attached hydrogens (primary N) is 1. The van der Waals surface area contributed by atoms with Gasteiger partial charge in [0.05, 0.1) is 5.69 Å². The number of carbonyl (C=O) groups excluding carboxylic acids is 1. The van der Waals surface area contributed by atoms with Gasteiger partial charge in [-0.25, -0.2) is 10.9 Å². The Morgan fingerprint density at radius 2 is 1.88 bits per heavy atom. The monoisotopic (exact) mass is 216 g/mol. The maximum Gasteiger partial charge on any atom is 0.265 e. The third kappa shape index (κ3) is 3.37. The summed E-state index contributed by atoms with van der Waals surface area (Å²) in [7, 11) is 0. The molecule has 0 unspecified atom stereocenters. The third-order valence-corrected chi connectivity index (χ3v) is 2.09. The summed E-state index contributed by atoms with van der Waals surface area (Å²) < 4.78 is 0. The lowest BCUT2D eigenvalue weighted by Crippen LogP contribution is -2.36. The minimum Gasteiger partial charge on any atom is -0.268 e. The van der Waals surface area contributed by atoms with Crippen LogP contribution in [0.25, 0.3) is 0 Å². The molecule has 0 aromatic heterocycles. The van der Waals surface area contributed by atoms with Gasteiger partial charge < -0.3 is 0 Å². The normalized spacial score (nSPS) is 11.2. The van der Waals surface area contributed by atoms with E-state index in [-0.39, 0.29) is 5.91 Å². The van der Waals surface area contributed by atoms with Crippen molar-refractivity contribution in [3.8, 4) is 0 Å². The average molecular weight is 216 g/mol. The fourth-order valence-corrected chi connectivity index (χ4v) is 1.16. The molecular formula is C13H16N2O. The van der Waals surface area contributed by atoms with Crippen molar-refractivity contribution < 1.29 is 4.79 Å². The highest BCUT2D eigenvalue weighted by molar-refractivity contribution is 6.00. The van der Waals surface area contributed by atoms with Gasteiger partial charge in [0.15, 0.2) is 0 Å². The van der Waals surface area contributed by atoms with Crippen molar-refractivity contribution in [1.82, 2.24) is 0 Å². The smallest absolute Gasteiger partial charge is 0.265 e. The topological polar surface area (TPSA) is 46.3 Å². The zero-order valence-electron chi connectivity index (χ0n) is 9.55. The van der Waals surface area contributed by atoms with Crippen molar-refractivity contribution in [3.05, 3.63) is 54.1 Å². The van der Waals surface area contributed by atoms with Crippen molar-refractivity contribution >= 4 is 11.6 Å². The predicted octanol–water partition coefficient (Wildman–Crippen LogP) is 2.33. The Morgan fingerprint density at radius 1 is 1.25 bits per heavy atom. The first kappa shape index (κ1) is 12.2. The second kappa shape index (κ2) is 5.88. The number of anilines is 1. The van der Waals surface area contributed by atoms with Crippen molar-refractivity contribution in [2.24, 2.45) is 5.84 Å². The molecule has 1 amide bonds. The van der Waals surface area contributed by atoms with Crippen LogP contribution in [0.2, 0.25) is 0 Å². The van der Waals surface area contributed by atoms with Crippen LogP contribution < -0.4 is 10.9 Å². The molecule has 0 aliphatic carbocycles. The van der Waals surface area contributed by atoms with Crippen LogP contribution >= 0.6 is 0 Å². The van der Waals surface area contributed by atoms with Gasteiger partial charge in [-0.1, -0.05) is 35.9 Å². The third-order valence-electron chi connectivity index (χ3n) is 2.09. The van der Waals surface area contributed by atoms with Gasteiger partial charge >= 0.3 is 0 Å². The van der Waals surface area contributed by atoms with E-state index >= 15 is 0 Å². The van der Waals surface area contributed by atoms with Crippen LogP contribution in [0.5, 0.6) is 0 Å². The zero-order valence-corrected chi connectivity index (χ0v) is 9.55. The number of hydrazine groups is 1. The molecule has 0 atom stereocenters. The van der Waals surface area contributed by atoms with Crippen molar-refractivity contribution in [2.75, 3.05) is 5.01 Å². The van der Waals surface area contributed by atoms with E-state index < -0.39 is 0 Å². The molecule has 0 saturated carbocycles. The molecule has 1 aromatic rings. The minimum absolute atomic E-state index is 0.248. The van der Waals surface area contributed by atoms with E-state index in [2.05, 4.69) is 0 Å². The molecule has 1 rings (SSSR count). The van der Waals surface area contributed by atoms with Crippen molar-refractivity contribution in [1.29, 1.82) is 0 Å². The molecule has 0 saturated heterocycles. The summed E-state index contributed by atoms with van der Waals surface area (Å²) in [6, 6.07) is 7.46. The Hall–Kier alpha value is -1.87. The van der Waals surface area contributed by atoms with Crippen LogP contribution in [0, 0.1) is 6.92 Å². The van der Waals surface area contributed by atoms with Crippen molar-refractivity contribution in [2.45, 2.75) is 13.8 Å². The number of allylic oxidation sites excluding steroid dienone is 3. The maximum atomic E-state index is 11.6. The van der Waals surface area contributed by atoms with Gasteiger partial charge in [0.25, 0.3) is 5.91 Å². The highest BCUT2D eigenvalue weighted by atomic mass is 16.2. The first-order valence-corrected chi connectivity index (χ1v) is 5.10. The quantitative estimate of drug-likeness (QED) is 0.277. The summed E-state index contributed by atoms with van der Waals surface area (Å²) in [6.07, 6.45) is 6.72. The van der Waals surface area contributed by atoms with Gasteiger partial charge in [-0.15, -0.1) is 0 Å². The number of aryl methyl sites for hydroxylation is 1. The number of benzene rings is 1. The lowest BCUT2D eigenvalue weighted by Gasteiger charge is -2.14. The molecule has 1 aromatic carbocycles. The highest BCUT2D eigenvalue weighted by Gasteiger charge is 2.06.